The Morgan fingerprint density at radius 1 is 1.17 bits per heavy atom. The molecule has 0 aromatic heterocycles. The van der Waals surface area contributed by atoms with E-state index in [2.05, 4.69) is 19.9 Å². The maximum absolute atomic E-state index is 11.2. The van der Waals surface area contributed by atoms with Crippen LogP contribution in [0.1, 0.15) is 65.2 Å². The van der Waals surface area contributed by atoms with Crippen LogP contribution in [0.2, 0.25) is 0 Å². The summed E-state index contributed by atoms with van der Waals surface area (Å²) >= 11 is 0. The number of allylic oxidation sites excluding steroid dienone is 2. The van der Waals surface area contributed by atoms with Crippen LogP contribution >= 0.6 is 0 Å². The van der Waals surface area contributed by atoms with E-state index in [0.29, 0.717) is 17.8 Å². The van der Waals surface area contributed by atoms with E-state index in [4.69, 9.17) is 0 Å². The third kappa shape index (κ3) is 2.23. The number of hydrogen-bond donors (Lipinski definition) is 2. The van der Waals surface area contributed by atoms with Gasteiger partial charge >= 0.3 is 5.97 Å². The molecule has 0 aliphatic heterocycles. The third-order valence-corrected chi connectivity index (χ3v) is 8.22. The Balaban J connectivity index is 1.66. The second-order valence-corrected chi connectivity index (χ2v) is 9.16. The van der Waals surface area contributed by atoms with Gasteiger partial charge in [-0.05, 0) is 80.0 Å². The number of carboxylic acid groups (broad SMARTS) is 1. The number of aliphatic carboxylic acids is 1. The van der Waals surface area contributed by atoms with Gasteiger partial charge in [0.25, 0.3) is 0 Å². The van der Waals surface area contributed by atoms with Crippen molar-refractivity contribution < 1.29 is 15.0 Å². The van der Waals surface area contributed by atoms with Gasteiger partial charge in [-0.3, -0.25) is 0 Å². The van der Waals surface area contributed by atoms with E-state index >= 15 is 0 Å². The molecule has 2 N–H and O–H groups in total. The average molecular weight is 330 g/mol. The second kappa shape index (κ2) is 5.45. The maximum atomic E-state index is 11.2. The van der Waals surface area contributed by atoms with Gasteiger partial charge in [-0.25, -0.2) is 4.79 Å². The highest BCUT2D eigenvalue weighted by Crippen LogP contribution is 2.66. The van der Waals surface area contributed by atoms with Gasteiger partial charge in [0, 0.05) is 6.08 Å². The summed E-state index contributed by atoms with van der Waals surface area (Å²) in [5.74, 6) is 1.25. The minimum Gasteiger partial charge on any atom is -0.478 e. The van der Waals surface area contributed by atoms with Crippen molar-refractivity contribution in [2.24, 2.45) is 28.6 Å². The van der Waals surface area contributed by atoms with Crippen LogP contribution in [0.5, 0.6) is 0 Å². The zero-order chi connectivity index (χ0) is 17.1. The molecule has 0 spiro atoms. The zero-order valence-electron chi connectivity index (χ0n) is 14.9. The monoisotopic (exact) mass is 330 g/mol. The lowest BCUT2D eigenvalue weighted by molar-refractivity contribution is -0.131. The first-order valence-electron chi connectivity index (χ1n) is 9.66. The summed E-state index contributed by atoms with van der Waals surface area (Å²) < 4.78 is 0. The third-order valence-electron chi connectivity index (χ3n) is 8.22. The Bertz CT molecular complexity index is 619. The van der Waals surface area contributed by atoms with Crippen molar-refractivity contribution in [3.63, 3.8) is 0 Å². The molecule has 4 rings (SSSR count). The predicted molar refractivity (Wildman–Crippen MR) is 93.4 cm³/mol. The molecule has 0 bridgehead atoms. The fourth-order valence-corrected chi connectivity index (χ4v) is 6.88. The maximum Gasteiger partial charge on any atom is 0.328 e. The van der Waals surface area contributed by atoms with E-state index in [-0.39, 0.29) is 16.9 Å². The molecule has 3 heteroatoms. The van der Waals surface area contributed by atoms with Crippen molar-refractivity contribution in [1.29, 1.82) is 0 Å². The molecule has 0 amide bonds. The van der Waals surface area contributed by atoms with Crippen molar-refractivity contribution >= 4 is 5.97 Å². The van der Waals surface area contributed by atoms with Gasteiger partial charge in [0.1, 0.15) is 0 Å². The Kier molecular flexibility index (Phi) is 3.72. The second-order valence-electron chi connectivity index (χ2n) is 9.16. The van der Waals surface area contributed by atoms with Crippen molar-refractivity contribution in [3.8, 4) is 0 Å². The number of rotatable bonds is 1. The van der Waals surface area contributed by atoms with Crippen LogP contribution in [0.4, 0.5) is 0 Å². The molecular weight excluding hydrogens is 300 g/mol. The molecule has 0 aromatic carbocycles. The molecule has 4 aliphatic rings. The zero-order valence-corrected chi connectivity index (χ0v) is 14.9. The van der Waals surface area contributed by atoms with E-state index in [0.717, 1.165) is 44.9 Å². The largest absolute Gasteiger partial charge is 0.478 e. The molecule has 132 valence electrons. The summed E-state index contributed by atoms with van der Waals surface area (Å²) in [5, 5.41) is 19.3. The Morgan fingerprint density at radius 2 is 1.88 bits per heavy atom. The smallest absolute Gasteiger partial charge is 0.328 e. The summed E-state index contributed by atoms with van der Waals surface area (Å²) in [6.45, 7) is 4.76. The number of hydrogen-bond acceptors (Lipinski definition) is 2. The van der Waals surface area contributed by atoms with E-state index in [1.165, 1.54) is 23.6 Å². The molecule has 3 nitrogen and oxygen atoms in total. The van der Waals surface area contributed by atoms with Crippen molar-refractivity contribution in [2.75, 3.05) is 0 Å². The van der Waals surface area contributed by atoms with Crippen LogP contribution in [0.15, 0.2) is 23.3 Å². The topological polar surface area (TPSA) is 57.5 Å². The fourth-order valence-electron chi connectivity index (χ4n) is 6.88. The van der Waals surface area contributed by atoms with Gasteiger partial charge in [-0.2, -0.15) is 0 Å². The average Bonchev–Trinajstić information content (AvgIpc) is 2.84. The minimum atomic E-state index is -0.784. The van der Waals surface area contributed by atoms with Crippen molar-refractivity contribution in [3.05, 3.63) is 23.3 Å². The standard InChI is InChI=1S/C21H30O3/c1-20-9-7-15(22)11-13(20)3-5-16-17-6-4-14(12-19(23)24)21(17,2)10-8-18(16)20/h3,12,15-18,22H,4-11H2,1-2H3,(H,23,24)/b14-12+. The Labute approximate surface area is 144 Å². The molecule has 3 fully saturated rings. The lowest BCUT2D eigenvalue weighted by Crippen LogP contribution is -2.49. The van der Waals surface area contributed by atoms with Crippen molar-refractivity contribution in [1.82, 2.24) is 0 Å². The summed E-state index contributed by atoms with van der Waals surface area (Å²) in [4.78, 5) is 11.2. The highest BCUT2D eigenvalue weighted by atomic mass is 16.4. The van der Waals surface area contributed by atoms with Gasteiger partial charge in [0.2, 0.25) is 0 Å². The SMILES string of the molecule is CC12CCC(O)CC1=CCC1C2CCC2(C)/C(=C/C(=O)O)CCC12. The molecule has 3 saturated carbocycles. The molecule has 0 aromatic rings. The molecule has 6 atom stereocenters. The Hall–Kier alpha value is -1.09. The molecular formula is C21H30O3. The highest BCUT2D eigenvalue weighted by Gasteiger charge is 2.57. The van der Waals surface area contributed by atoms with Gasteiger partial charge in [0.15, 0.2) is 0 Å². The van der Waals surface area contributed by atoms with Crippen LogP contribution in [0.25, 0.3) is 0 Å². The molecule has 4 aliphatic carbocycles. The van der Waals surface area contributed by atoms with E-state index < -0.39 is 5.97 Å². The molecule has 0 heterocycles. The van der Waals surface area contributed by atoms with E-state index in [1.807, 2.05) is 0 Å². The number of aliphatic hydroxyl groups is 1. The van der Waals surface area contributed by atoms with E-state index in [1.54, 1.807) is 0 Å². The first kappa shape index (κ1) is 16.4. The van der Waals surface area contributed by atoms with Crippen molar-refractivity contribution in [2.45, 2.75) is 71.3 Å². The number of fused-ring (bicyclic) bond motifs is 5. The van der Waals surface area contributed by atoms with E-state index in [9.17, 15) is 15.0 Å². The van der Waals surface area contributed by atoms with Crippen LogP contribution in [-0.2, 0) is 4.79 Å². The summed E-state index contributed by atoms with van der Waals surface area (Å²) in [6, 6.07) is 0. The normalized spacial score (nSPS) is 49.1. The van der Waals surface area contributed by atoms with Crippen LogP contribution in [0.3, 0.4) is 0 Å². The fraction of sp³-hybridized carbons (Fsp3) is 0.762. The van der Waals surface area contributed by atoms with Crippen LogP contribution in [-0.4, -0.2) is 22.3 Å². The number of carbonyl (C=O) groups is 1. The molecule has 6 unspecified atom stereocenters. The molecule has 24 heavy (non-hydrogen) atoms. The summed E-state index contributed by atoms with van der Waals surface area (Å²) in [7, 11) is 0. The van der Waals surface area contributed by atoms with Crippen LogP contribution in [0, 0.1) is 28.6 Å². The predicted octanol–water partition coefficient (Wildman–Crippen LogP) is 4.32. The lowest BCUT2D eigenvalue weighted by Gasteiger charge is -2.57. The first-order valence-corrected chi connectivity index (χ1v) is 9.66. The minimum absolute atomic E-state index is 0.0927. The van der Waals surface area contributed by atoms with Gasteiger partial charge in [0.05, 0.1) is 6.10 Å². The van der Waals surface area contributed by atoms with Gasteiger partial charge in [-0.1, -0.05) is 31.1 Å². The summed E-state index contributed by atoms with van der Waals surface area (Å²) in [6.07, 6.45) is 12.3. The molecule has 0 saturated heterocycles. The first-order chi connectivity index (χ1) is 11.3. The van der Waals surface area contributed by atoms with Crippen LogP contribution < -0.4 is 0 Å². The lowest BCUT2D eigenvalue weighted by atomic mass is 9.48. The highest BCUT2D eigenvalue weighted by molar-refractivity contribution is 5.81. The van der Waals surface area contributed by atoms with Gasteiger partial charge in [-0.15, -0.1) is 0 Å². The molecule has 0 radical (unpaired) electrons. The Morgan fingerprint density at radius 3 is 2.62 bits per heavy atom. The quantitative estimate of drug-likeness (QED) is 0.556. The number of aliphatic hydroxyl groups excluding tert-OH is 1. The van der Waals surface area contributed by atoms with Gasteiger partial charge < -0.3 is 10.2 Å². The number of carboxylic acids is 1. The summed E-state index contributed by atoms with van der Waals surface area (Å²) in [5.41, 5.74) is 3.04.